The average molecular weight is 442 g/mol. The third-order valence-electron chi connectivity index (χ3n) is 4.45. The number of thiocarbonyl (C=S) groups is 1. The Morgan fingerprint density at radius 2 is 1.70 bits per heavy atom. The van der Waals surface area contributed by atoms with Crippen molar-refractivity contribution in [2.75, 3.05) is 26.7 Å². The van der Waals surface area contributed by atoms with Crippen molar-refractivity contribution < 1.29 is 39.4 Å². The minimum atomic E-state index is -1.64. The number of likely N-dealkylation sites (N-methyl/N-ethyl adjacent to an activating group) is 1. The molecule has 1 aliphatic heterocycles. The summed E-state index contributed by atoms with van der Waals surface area (Å²) in [5.74, 6) is -1.32. The summed E-state index contributed by atoms with van der Waals surface area (Å²) in [7, 11) is 1.42. The fourth-order valence-corrected chi connectivity index (χ4v) is 3.19. The van der Waals surface area contributed by atoms with E-state index in [1.54, 1.807) is 0 Å². The predicted molar refractivity (Wildman–Crippen MR) is 104 cm³/mol. The molecular formula is C16H18N4O9S. The molecule has 14 heteroatoms. The van der Waals surface area contributed by atoms with Crippen LogP contribution < -0.4 is 4.74 Å². The lowest BCUT2D eigenvalue weighted by Gasteiger charge is -2.44. The maximum Gasteiger partial charge on any atom is 0.408 e. The van der Waals surface area contributed by atoms with Crippen molar-refractivity contribution in [2.24, 2.45) is 0 Å². The minimum Gasteiger partial charge on any atom is -0.480 e. The summed E-state index contributed by atoms with van der Waals surface area (Å²) in [6.45, 7) is -0.763. The Kier molecular flexibility index (Phi) is 6.94. The molecule has 13 nitrogen and oxygen atoms in total. The first kappa shape index (κ1) is 22.6. The van der Waals surface area contributed by atoms with E-state index in [2.05, 4.69) is 0 Å². The van der Waals surface area contributed by atoms with E-state index in [1.807, 2.05) is 0 Å². The second-order valence-electron chi connectivity index (χ2n) is 6.30. The number of carboxylic acid groups (broad SMARTS) is 3. The number of rotatable bonds is 5. The molecule has 2 atom stereocenters. The van der Waals surface area contributed by atoms with Crippen LogP contribution in [0.2, 0.25) is 0 Å². The number of ether oxygens (including phenoxy) is 1. The van der Waals surface area contributed by atoms with Crippen LogP contribution in [0.25, 0.3) is 0 Å². The van der Waals surface area contributed by atoms with Gasteiger partial charge in [-0.3, -0.25) is 19.9 Å². The van der Waals surface area contributed by atoms with Crippen LogP contribution in [-0.4, -0.2) is 97.0 Å². The molecule has 0 bridgehead atoms. The third kappa shape index (κ3) is 5.02. The maximum atomic E-state index is 11.7. The predicted octanol–water partition coefficient (Wildman–Crippen LogP) is 0.986. The Balaban J connectivity index is 2.18. The summed E-state index contributed by atoms with van der Waals surface area (Å²) >= 11 is 5.13. The van der Waals surface area contributed by atoms with Crippen LogP contribution >= 0.6 is 12.2 Å². The quantitative estimate of drug-likeness (QED) is 0.337. The molecule has 1 fully saturated rings. The topological polar surface area (TPSA) is 174 Å². The van der Waals surface area contributed by atoms with E-state index >= 15 is 0 Å². The van der Waals surface area contributed by atoms with Gasteiger partial charge in [-0.25, -0.2) is 14.4 Å². The molecule has 30 heavy (non-hydrogen) atoms. The van der Waals surface area contributed by atoms with Crippen LogP contribution in [0.1, 0.15) is 0 Å². The second kappa shape index (κ2) is 9.21. The monoisotopic (exact) mass is 442 g/mol. The summed E-state index contributed by atoms with van der Waals surface area (Å²) in [6.07, 6.45) is -2.88. The molecule has 1 aromatic rings. The first-order chi connectivity index (χ1) is 14.0. The smallest absolute Gasteiger partial charge is 0.408 e. The molecule has 0 aliphatic carbocycles. The molecular weight excluding hydrogens is 424 g/mol. The largest absolute Gasteiger partial charge is 0.480 e. The Morgan fingerprint density at radius 1 is 1.17 bits per heavy atom. The molecule has 1 aliphatic rings. The van der Waals surface area contributed by atoms with Crippen molar-refractivity contribution in [2.45, 2.75) is 12.1 Å². The van der Waals surface area contributed by atoms with Gasteiger partial charge in [0.15, 0.2) is 6.04 Å². The number of piperazine rings is 1. The highest BCUT2D eigenvalue weighted by Crippen LogP contribution is 2.21. The van der Waals surface area contributed by atoms with Crippen LogP contribution in [0, 0.1) is 10.1 Å². The normalized spacial score (nSPS) is 18.4. The molecule has 162 valence electrons. The van der Waals surface area contributed by atoms with Gasteiger partial charge >= 0.3 is 18.2 Å². The van der Waals surface area contributed by atoms with E-state index in [9.17, 15) is 39.8 Å². The van der Waals surface area contributed by atoms with E-state index in [0.717, 1.165) is 4.90 Å². The zero-order chi connectivity index (χ0) is 22.6. The number of aliphatic carboxylic acids is 1. The van der Waals surface area contributed by atoms with Gasteiger partial charge in [0.1, 0.15) is 5.75 Å². The highest BCUT2D eigenvalue weighted by atomic mass is 32.1. The summed E-state index contributed by atoms with van der Waals surface area (Å²) in [5, 5.41) is 38.8. The highest BCUT2D eigenvalue weighted by molar-refractivity contribution is 7.80. The zero-order valence-electron chi connectivity index (χ0n) is 15.6. The van der Waals surface area contributed by atoms with Gasteiger partial charge in [0.05, 0.1) is 11.0 Å². The van der Waals surface area contributed by atoms with E-state index in [1.165, 1.54) is 36.2 Å². The Morgan fingerprint density at radius 3 is 2.17 bits per heavy atom. The fraction of sp³-hybridized carbons (Fsp3) is 0.375. The fourth-order valence-electron chi connectivity index (χ4n) is 3.02. The molecule has 1 heterocycles. The van der Waals surface area contributed by atoms with Crippen LogP contribution in [0.15, 0.2) is 24.3 Å². The molecule has 0 spiro atoms. The SMILES string of the molecule is CN(CC1C(C(=O)O)N(C(=O)O)CCN1C(=O)O)C(=S)Oc1ccc([N+](=O)[O-])cc1. The number of nitrogens with zero attached hydrogens (tertiary/aromatic N) is 4. The Hall–Kier alpha value is -3.68. The van der Waals surface area contributed by atoms with Crippen molar-refractivity contribution in [1.29, 1.82) is 0 Å². The third-order valence-corrected chi connectivity index (χ3v) is 4.85. The summed E-state index contributed by atoms with van der Waals surface area (Å²) < 4.78 is 5.41. The van der Waals surface area contributed by atoms with Crippen molar-refractivity contribution in [3.05, 3.63) is 34.4 Å². The van der Waals surface area contributed by atoms with Gasteiger partial charge in [-0.1, -0.05) is 0 Å². The molecule has 0 radical (unpaired) electrons. The molecule has 2 rings (SSSR count). The van der Waals surface area contributed by atoms with Crippen molar-refractivity contribution >= 4 is 41.2 Å². The van der Waals surface area contributed by atoms with Gasteiger partial charge in [0.25, 0.3) is 10.9 Å². The Labute approximate surface area is 174 Å². The number of carboxylic acids is 1. The number of benzene rings is 1. The number of nitro groups is 1. The number of nitro benzene ring substituents is 1. The minimum absolute atomic E-state index is 0.154. The van der Waals surface area contributed by atoms with E-state index < -0.39 is 35.2 Å². The first-order valence-corrected chi connectivity index (χ1v) is 8.83. The number of carbonyl (C=O) groups is 3. The summed E-state index contributed by atoms with van der Waals surface area (Å²) in [4.78, 5) is 47.6. The summed E-state index contributed by atoms with van der Waals surface area (Å²) in [6, 6.07) is 2.14. The van der Waals surface area contributed by atoms with E-state index in [4.69, 9.17) is 17.0 Å². The number of non-ortho nitro benzene ring substituents is 1. The molecule has 2 unspecified atom stereocenters. The number of amides is 2. The van der Waals surface area contributed by atoms with Crippen molar-refractivity contribution in [3.63, 3.8) is 0 Å². The van der Waals surface area contributed by atoms with Crippen LogP contribution in [0.5, 0.6) is 5.75 Å². The van der Waals surface area contributed by atoms with Gasteiger partial charge in [-0.2, -0.15) is 0 Å². The van der Waals surface area contributed by atoms with Crippen molar-refractivity contribution in [1.82, 2.24) is 14.7 Å². The molecule has 0 aromatic heterocycles. The lowest BCUT2D eigenvalue weighted by atomic mass is 10.0. The number of hydrogen-bond donors (Lipinski definition) is 3. The average Bonchev–Trinajstić information content (AvgIpc) is 2.67. The molecule has 0 saturated carbocycles. The van der Waals surface area contributed by atoms with Crippen LogP contribution in [-0.2, 0) is 4.79 Å². The number of hydrogen-bond acceptors (Lipinski definition) is 7. The maximum absolute atomic E-state index is 11.7. The Bertz CT molecular complexity index is 863. The van der Waals surface area contributed by atoms with Crippen molar-refractivity contribution in [3.8, 4) is 5.75 Å². The first-order valence-electron chi connectivity index (χ1n) is 8.42. The second-order valence-corrected chi connectivity index (χ2v) is 6.65. The summed E-state index contributed by atoms with van der Waals surface area (Å²) in [5.41, 5.74) is -0.154. The van der Waals surface area contributed by atoms with Gasteiger partial charge in [-0.05, 0) is 24.4 Å². The van der Waals surface area contributed by atoms with E-state index in [-0.39, 0.29) is 36.2 Å². The molecule has 2 amide bonds. The molecule has 1 saturated heterocycles. The molecule has 1 aromatic carbocycles. The lowest BCUT2D eigenvalue weighted by Crippen LogP contribution is -2.67. The van der Waals surface area contributed by atoms with Gasteiger partial charge < -0.3 is 25.0 Å². The van der Waals surface area contributed by atoms with Gasteiger partial charge in [0.2, 0.25) is 0 Å². The highest BCUT2D eigenvalue weighted by Gasteiger charge is 2.46. The van der Waals surface area contributed by atoms with E-state index in [0.29, 0.717) is 4.90 Å². The van der Waals surface area contributed by atoms with Gasteiger partial charge in [-0.15, -0.1) is 0 Å². The lowest BCUT2D eigenvalue weighted by molar-refractivity contribution is -0.384. The van der Waals surface area contributed by atoms with Gasteiger partial charge in [0, 0.05) is 38.8 Å². The zero-order valence-corrected chi connectivity index (χ0v) is 16.4. The van der Waals surface area contributed by atoms with Crippen LogP contribution in [0.3, 0.4) is 0 Å². The molecule has 3 N–H and O–H groups in total. The van der Waals surface area contributed by atoms with Crippen LogP contribution in [0.4, 0.5) is 15.3 Å². The standard InChI is InChI=1S/C16H18N4O9S/c1-17(16(30)29-10-4-2-9(3-5-10)20(27)28)8-11-12(13(21)22)19(15(25)26)7-6-18(11)14(23)24/h2-5,11-12H,6-8H2,1H3,(H,21,22)(H,23,24)(H,25,26).